The van der Waals surface area contributed by atoms with Gasteiger partial charge in [0.1, 0.15) is 12.4 Å². The zero-order valence-electron chi connectivity index (χ0n) is 11.6. The Balaban J connectivity index is 1.69. The van der Waals surface area contributed by atoms with Gasteiger partial charge in [-0.05, 0) is 63.7 Å². The third-order valence-corrected chi connectivity index (χ3v) is 3.92. The number of H-pyrrole nitrogens is 1. The number of hydrogen-bond donors (Lipinski definition) is 1. The first-order valence-corrected chi connectivity index (χ1v) is 7.61. The van der Waals surface area contributed by atoms with Crippen molar-refractivity contribution in [1.29, 1.82) is 0 Å². The largest absolute Gasteiger partial charge is 0.488 e. The third kappa shape index (κ3) is 3.62. The molecule has 3 aromatic rings. The number of ether oxygens (including phenoxy) is 1. The van der Waals surface area contributed by atoms with Crippen molar-refractivity contribution in [1.82, 2.24) is 20.6 Å². The lowest BCUT2D eigenvalue weighted by Crippen LogP contribution is -1.98. The Labute approximate surface area is 144 Å². The fourth-order valence-corrected chi connectivity index (χ4v) is 2.59. The molecule has 0 amide bonds. The van der Waals surface area contributed by atoms with Crippen LogP contribution in [-0.4, -0.2) is 25.5 Å². The molecule has 0 saturated carbocycles. The van der Waals surface area contributed by atoms with Crippen LogP contribution in [0.2, 0.25) is 0 Å². The topological polar surface area (TPSA) is 107 Å². The van der Waals surface area contributed by atoms with Crippen LogP contribution in [0.1, 0.15) is 5.56 Å². The lowest BCUT2D eigenvalue weighted by molar-refractivity contribution is -0.384. The van der Waals surface area contributed by atoms with Crippen molar-refractivity contribution < 1.29 is 9.66 Å². The van der Waals surface area contributed by atoms with Crippen LogP contribution in [-0.2, 0) is 6.61 Å². The van der Waals surface area contributed by atoms with Crippen molar-refractivity contribution in [2.45, 2.75) is 6.61 Å². The van der Waals surface area contributed by atoms with E-state index >= 15 is 0 Å². The molecule has 0 spiro atoms. The Morgan fingerprint density at radius 3 is 2.61 bits per heavy atom. The van der Waals surface area contributed by atoms with E-state index in [2.05, 4.69) is 43.2 Å². The molecule has 0 radical (unpaired) electrons. The Morgan fingerprint density at radius 2 is 2.00 bits per heavy atom. The highest BCUT2D eigenvalue weighted by atomic mass is 127. The lowest BCUT2D eigenvalue weighted by Gasteiger charge is -2.09. The summed E-state index contributed by atoms with van der Waals surface area (Å²) in [5, 5.41) is 24.4. The maximum Gasteiger partial charge on any atom is 0.269 e. The molecule has 1 N–H and O–H groups in total. The van der Waals surface area contributed by atoms with Crippen LogP contribution in [0.3, 0.4) is 0 Å². The molecular weight excluding hydrogens is 413 g/mol. The number of benzene rings is 2. The summed E-state index contributed by atoms with van der Waals surface area (Å²) in [6, 6.07) is 11.9. The lowest BCUT2D eigenvalue weighted by atomic mass is 10.2. The maximum absolute atomic E-state index is 10.6. The van der Waals surface area contributed by atoms with Gasteiger partial charge in [0.15, 0.2) is 0 Å². The van der Waals surface area contributed by atoms with Crippen LogP contribution in [0, 0.1) is 13.7 Å². The number of aromatic amines is 1. The van der Waals surface area contributed by atoms with Gasteiger partial charge >= 0.3 is 0 Å². The number of tetrazole rings is 1. The Bertz CT molecular complexity index is 821. The van der Waals surface area contributed by atoms with Crippen molar-refractivity contribution >= 4 is 28.3 Å². The molecule has 1 aromatic heterocycles. The number of nitrogens with zero attached hydrogens (tertiary/aromatic N) is 4. The number of non-ortho nitro benzene ring substituents is 1. The van der Waals surface area contributed by atoms with Gasteiger partial charge < -0.3 is 4.74 Å². The third-order valence-electron chi connectivity index (χ3n) is 3.08. The predicted molar refractivity (Wildman–Crippen MR) is 89.8 cm³/mol. The number of nitro groups is 1. The van der Waals surface area contributed by atoms with Gasteiger partial charge in [0.05, 0.1) is 8.49 Å². The second kappa shape index (κ2) is 6.69. The number of halogens is 1. The fraction of sp³-hybridized carbons (Fsp3) is 0.0714. The summed E-state index contributed by atoms with van der Waals surface area (Å²) in [5.41, 5.74) is 1.76. The van der Waals surface area contributed by atoms with Gasteiger partial charge in [-0.15, -0.1) is 10.2 Å². The molecule has 8 nitrogen and oxygen atoms in total. The zero-order chi connectivity index (χ0) is 16.2. The second-order valence-corrected chi connectivity index (χ2v) is 5.76. The molecule has 0 aliphatic carbocycles. The minimum Gasteiger partial charge on any atom is -0.488 e. The van der Waals surface area contributed by atoms with E-state index in [0.717, 1.165) is 20.4 Å². The highest BCUT2D eigenvalue weighted by molar-refractivity contribution is 14.1. The number of rotatable bonds is 5. The second-order valence-electron chi connectivity index (χ2n) is 4.59. The van der Waals surface area contributed by atoms with Crippen molar-refractivity contribution in [3.63, 3.8) is 0 Å². The Hall–Kier alpha value is -2.56. The highest BCUT2D eigenvalue weighted by Gasteiger charge is 2.08. The van der Waals surface area contributed by atoms with E-state index in [1.54, 1.807) is 12.1 Å². The van der Waals surface area contributed by atoms with Crippen LogP contribution in [0.25, 0.3) is 11.4 Å². The Kier molecular flexibility index (Phi) is 4.46. The van der Waals surface area contributed by atoms with E-state index < -0.39 is 4.92 Å². The van der Waals surface area contributed by atoms with Crippen LogP contribution in [0.15, 0.2) is 42.5 Å². The van der Waals surface area contributed by atoms with E-state index in [9.17, 15) is 10.1 Å². The van der Waals surface area contributed by atoms with Gasteiger partial charge in [-0.1, -0.05) is 0 Å². The first-order chi connectivity index (χ1) is 11.1. The van der Waals surface area contributed by atoms with Crippen LogP contribution >= 0.6 is 22.6 Å². The van der Waals surface area contributed by atoms with Crippen LogP contribution in [0.5, 0.6) is 5.75 Å². The SMILES string of the molecule is O=[N+]([O-])c1ccc(COc2ccc(-c3nn[nH]n3)cc2I)cc1. The molecule has 0 unspecified atom stereocenters. The number of nitro benzene ring substituents is 1. The summed E-state index contributed by atoms with van der Waals surface area (Å²) in [6.45, 7) is 0.329. The number of hydrogen-bond acceptors (Lipinski definition) is 6. The molecule has 1 heterocycles. The van der Waals surface area contributed by atoms with E-state index in [0.29, 0.717) is 12.4 Å². The van der Waals surface area contributed by atoms with Crippen molar-refractivity contribution in [3.8, 4) is 17.1 Å². The van der Waals surface area contributed by atoms with Gasteiger partial charge in [-0.2, -0.15) is 5.21 Å². The number of aromatic nitrogens is 4. The van der Waals surface area contributed by atoms with Gasteiger partial charge in [-0.25, -0.2) is 0 Å². The molecule has 9 heteroatoms. The molecule has 0 atom stereocenters. The first-order valence-electron chi connectivity index (χ1n) is 6.53. The average Bonchev–Trinajstić information content (AvgIpc) is 3.08. The minimum atomic E-state index is -0.426. The standard InChI is InChI=1S/C14H10IN5O3/c15-12-7-10(14-16-18-19-17-14)3-6-13(12)23-8-9-1-4-11(5-2-9)20(21)22/h1-7H,8H2,(H,16,17,18,19). The maximum atomic E-state index is 10.6. The molecule has 0 aliphatic heterocycles. The van der Waals surface area contributed by atoms with E-state index in [4.69, 9.17) is 4.74 Å². The molecule has 0 aliphatic rings. The summed E-state index contributed by atoms with van der Waals surface area (Å²) in [7, 11) is 0. The molecular formula is C14H10IN5O3. The molecule has 23 heavy (non-hydrogen) atoms. The minimum absolute atomic E-state index is 0.0628. The van der Waals surface area contributed by atoms with Crippen LogP contribution in [0.4, 0.5) is 5.69 Å². The molecule has 3 rings (SSSR count). The van der Waals surface area contributed by atoms with E-state index in [1.165, 1.54) is 12.1 Å². The molecule has 0 fully saturated rings. The van der Waals surface area contributed by atoms with Gasteiger partial charge in [-0.3, -0.25) is 10.1 Å². The number of nitrogens with one attached hydrogen (secondary N) is 1. The zero-order valence-corrected chi connectivity index (χ0v) is 13.8. The van der Waals surface area contributed by atoms with Gasteiger partial charge in [0.2, 0.25) is 5.82 Å². The molecule has 0 bridgehead atoms. The molecule has 0 saturated heterocycles. The Morgan fingerprint density at radius 1 is 1.22 bits per heavy atom. The summed E-state index contributed by atoms with van der Waals surface area (Å²) >= 11 is 2.17. The quantitative estimate of drug-likeness (QED) is 0.384. The first kappa shape index (κ1) is 15.3. The average molecular weight is 423 g/mol. The summed E-state index contributed by atoms with van der Waals surface area (Å²) in [5.74, 6) is 1.24. The van der Waals surface area contributed by atoms with E-state index in [-0.39, 0.29) is 5.69 Å². The normalized spacial score (nSPS) is 10.5. The fourth-order valence-electron chi connectivity index (χ4n) is 1.92. The summed E-state index contributed by atoms with van der Waals surface area (Å²) < 4.78 is 6.66. The molecule has 116 valence electrons. The highest BCUT2D eigenvalue weighted by Crippen LogP contribution is 2.26. The summed E-state index contributed by atoms with van der Waals surface area (Å²) in [4.78, 5) is 10.2. The summed E-state index contributed by atoms with van der Waals surface area (Å²) in [6.07, 6.45) is 0. The smallest absolute Gasteiger partial charge is 0.269 e. The van der Waals surface area contributed by atoms with E-state index in [1.807, 2.05) is 18.2 Å². The van der Waals surface area contributed by atoms with Gasteiger partial charge in [0.25, 0.3) is 5.69 Å². The predicted octanol–water partition coefficient (Wildman–Crippen LogP) is 2.96. The van der Waals surface area contributed by atoms with Crippen LogP contribution < -0.4 is 4.74 Å². The van der Waals surface area contributed by atoms with Gasteiger partial charge in [0, 0.05) is 17.7 Å². The molecule has 2 aromatic carbocycles. The van der Waals surface area contributed by atoms with Crippen molar-refractivity contribution in [2.24, 2.45) is 0 Å². The van der Waals surface area contributed by atoms with Crippen molar-refractivity contribution in [2.75, 3.05) is 0 Å². The van der Waals surface area contributed by atoms with Crippen molar-refractivity contribution in [3.05, 3.63) is 61.7 Å². The monoisotopic (exact) mass is 423 g/mol.